The lowest BCUT2D eigenvalue weighted by atomic mass is 10.0. The van der Waals surface area contributed by atoms with E-state index in [1.54, 1.807) is 0 Å². The molecular formula is C19H31ClN2O2. The summed E-state index contributed by atoms with van der Waals surface area (Å²) in [5.41, 5.74) is 2.53. The Bertz CT molecular complexity index is 483. The molecule has 136 valence electrons. The van der Waals surface area contributed by atoms with Crippen molar-refractivity contribution in [3.8, 4) is 0 Å². The van der Waals surface area contributed by atoms with E-state index in [1.165, 1.54) is 11.1 Å². The fraction of sp³-hybridized carbons (Fsp3) is 0.632. The van der Waals surface area contributed by atoms with Crippen LogP contribution in [0, 0.1) is 12.8 Å². The van der Waals surface area contributed by atoms with Crippen LogP contribution in [0.25, 0.3) is 0 Å². The van der Waals surface area contributed by atoms with Gasteiger partial charge in [-0.2, -0.15) is 0 Å². The van der Waals surface area contributed by atoms with E-state index in [9.17, 15) is 4.79 Å². The number of nitrogens with zero attached hydrogens (tertiary/aromatic N) is 1. The molecule has 4 nitrogen and oxygen atoms in total. The van der Waals surface area contributed by atoms with Gasteiger partial charge in [-0.05, 0) is 25.3 Å². The number of benzene rings is 1. The zero-order chi connectivity index (χ0) is 16.7. The predicted octanol–water partition coefficient (Wildman–Crippen LogP) is 3.34. The van der Waals surface area contributed by atoms with Gasteiger partial charge in [-0.3, -0.25) is 9.69 Å². The highest BCUT2D eigenvalue weighted by Crippen LogP contribution is 2.22. The Labute approximate surface area is 152 Å². The number of hydrogen-bond donors (Lipinski definition) is 1. The number of amides is 1. The Kier molecular flexibility index (Phi) is 9.34. The largest absolute Gasteiger partial charge is 0.379 e. The first kappa shape index (κ1) is 20.9. The van der Waals surface area contributed by atoms with Crippen molar-refractivity contribution in [3.63, 3.8) is 0 Å². The molecule has 2 rings (SSSR count). The van der Waals surface area contributed by atoms with Gasteiger partial charge in [0.25, 0.3) is 0 Å². The molecule has 0 radical (unpaired) electrons. The molecule has 1 atom stereocenters. The summed E-state index contributed by atoms with van der Waals surface area (Å²) >= 11 is 0. The molecule has 0 bridgehead atoms. The molecule has 1 saturated heterocycles. The van der Waals surface area contributed by atoms with Gasteiger partial charge in [-0.1, -0.05) is 43.7 Å². The molecule has 0 aromatic heterocycles. The zero-order valence-corrected chi connectivity index (χ0v) is 15.9. The van der Waals surface area contributed by atoms with Gasteiger partial charge in [-0.15, -0.1) is 12.4 Å². The van der Waals surface area contributed by atoms with Gasteiger partial charge in [0.15, 0.2) is 0 Å². The molecule has 1 N–H and O–H groups in total. The molecule has 1 aliphatic rings. The first-order valence-corrected chi connectivity index (χ1v) is 8.81. The molecule has 0 spiro atoms. The highest BCUT2D eigenvalue weighted by molar-refractivity contribution is 5.85. The van der Waals surface area contributed by atoms with Crippen LogP contribution in [0.2, 0.25) is 0 Å². The van der Waals surface area contributed by atoms with E-state index in [2.05, 4.69) is 55.3 Å². The number of ether oxygens (including phenoxy) is 1. The fourth-order valence-electron chi connectivity index (χ4n) is 3.14. The van der Waals surface area contributed by atoms with Crippen LogP contribution < -0.4 is 5.32 Å². The number of carbonyl (C=O) groups excluding carboxylic acids is 1. The van der Waals surface area contributed by atoms with Gasteiger partial charge in [0.05, 0.1) is 19.3 Å². The van der Waals surface area contributed by atoms with Gasteiger partial charge < -0.3 is 10.1 Å². The molecule has 1 amide bonds. The lowest BCUT2D eigenvalue weighted by Crippen LogP contribution is -2.44. The number of hydrogen-bond acceptors (Lipinski definition) is 3. The second kappa shape index (κ2) is 10.7. The third-order valence-electron chi connectivity index (χ3n) is 4.77. The molecule has 5 heteroatoms. The van der Waals surface area contributed by atoms with Gasteiger partial charge in [-0.25, -0.2) is 0 Å². The summed E-state index contributed by atoms with van der Waals surface area (Å²) in [4.78, 5) is 14.7. The monoisotopic (exact) mass is 354 g/mol. The van der Waals surface area contributed by atoms with Crippen LogP contribution in [0.5, 0.6) is 0 Å². The van der Waals surface area contributed by atoms with Crippen molar-refractivity contribution >= 4 is 18.3 Å². The number of halogens is 1. The van der Waals surface area contributed by atoms with Crippen molar-refractivity contribution < 1.29 is 9.53 Å². The highest BCUT2D eigenvalue weighted by atomic mass is 35.5. The lowest BCUT2D eigenvalue weighted by molar-refractivity contribution is -0.125. The van der Waals surface area contributed by atoms with Crippen molar-refractivity contribution in [2.24, 2.45) is 5.92 Å². The van der Waals surface area contributed by atoms with Crippen molar-refractivity contribution in [2.75, 3.05) is 32.8 Å². The first-order chi connectivity index (χ1) is 11.2. The summed E-state index contributed by atoms with van der Waals surface area (Å²) in [6, 6.07) is 8.87. The Balaban J connectivity index is 0.00000288. The van der Waals surface area contributed by atoms with Crippen LogP contribution in [-0.2, 0) is 9.53 Å². The van der Waals surface area contributed by atoms with Crippen molar-refractivity contribution in [1.29, 1.82) is 0 Å². The first-order valence-electron chi connectivity index (χ1n) is 8.81. The van der Waals surface area contributed by atoms with Gasteiger partial charge >= 0.3 is 0 Å². The van der Waals surface area contributed by atoms with E-state index in [4.69, 9.17) is 4.74 Å². The van der Waals surface area contributed by atoms with Crippen molar-refractivity contribution in [2.45, 2.75) is 39.7 Å². The summed E-state index contributed by atoms with van der Waals surface area (Å²) in [6.07, 6.45) is 1.80. The summed E-state index contributed by atoms with van der Waals surface area (Å²) in [5, 5.41) is 3.17. The molecule has 1 unspecified atom stereocenters. The van der Waals surface area contributed by atoms with E-state index in [0.717, 1.165) is 39.1 Å². The van der Waals surface area contributed by atoms with E-state index in [1.807, 2.05) is 0 Å². The van der Waals surface area contributed by atoms with Crippen LogP contribution in [0.4, 0.5) is 0 Å². The predicted molar refractivity (Wildman–Crippen MR) is 101 cm³/mol. The van der Waals surface area contributed by atoms with Crippen LogP contribution in [-0.4, -0.2) is 43.7 Å². The van der Waals surface area contributed by atoms with Gasteiger partial charge in [0.2, 0.25) is 5.91 Å². The summed E-state index contributed by atoms with van der Waals surface area (Å²) in [6.45, 7) is 10.3. The molecule has 1 aromatic carbocycles. The van der Waals surface area contributed by atoms with E-state index < -0.39 is 0 Å². The zero-order valence-electron chi connectivity index (χ0n) is 15.1. The van der Waals surface area contributed by atoms with Crippen LogP contribution in [0.3, 0.4) is 0 Å². The van der Waals surface area contributed by atoms with E-state index in [-0.39, 0.29) is 30.3 Å². The van der Waals surface area contributed by atoms with Crippen molar-refractivity contribution in [3.05, 3.63) is 35.4 Å². The van der Waals surface area contributed by atoms with Crippen LogP contribution in [0.15, 0.2) is 24.3 Å². The molecule has 1 aromatic rings. The average molecular weight is 355 g/mol. The molecule has 0 saturated carbocycles. The Morgan fingerprint density at radius 2 is 1.75 bits per heavy atom. The van der Waals surface area contributed by atoms with Crippen molar-refractivity contribution in [1.82, 2.24) is 10.2 Å². The van der Waals surface area contributed by atoms with Gasteiger partial charge in [0, 0.05) is 25.6 Å². The fourth-order valence-corrected chi connectivity index (χ4v) is 3.14. The molecule has 24 heavy (non-hydrogen) atoms. The number of morpholine rings is 1. The maximum atomic E-state index is 12.3. The minimum absolute atomic E-state index is 0. The van der Waals surface area contributed by atoms with E-state index >= 15 is 0 Å². The SMILES string of the molecule is CCC(CC)C(=O)NCC(c1ccc(C)cc1)N1CCOCC1.Cl. The number of aryl methyl sites for hydroxylation is 1. The summed E-state index contributed by atoms with van der Waals surface area (Å²) in [5.74, 6) is 0.304. The van der Waals surface area contributed by atoms with Crippen LogP contribution >= 0.6 is 12.4 Å². The normalized spacial score (nSPS) is 16.5. The minimum atomic E-state index is 0. The summed E-state index contributed by atoms with van der Waals surface area (Å²) < 4.78 is 5.47. The lowest BCUT2D eigenvalue weighted by Gasteiger charge is -2.35. The van der Waals surface area contributed by atoms with E-state index in [0.29, 0.717) is 6.54 Å². The molecule has 1 aliphatic heterocycles. The topological polar surface area (TPSA) is 41.6 Å². The molecule has 1 heterocycles. The highest BCUT2D eigenvalue weighted by Gasteiger charge is 2.24. The Hall–Kier alpha value is -1.10. The molecule has 1 fully saturated rings. The minimum Gasteiger partial charge on any atom is -0.379 e. The maximum Gasteiger partial charge on any atom is 0.223 e. The second-order valence-corrected chi connectivity index (χ2v) is 6.33. The van der Waals surface area contributed by atoms with Gasteiger partial charge in [0.1, 0.15) is 0 Å². The smallest absolute Gasteiger partial charge is 0.223 e. The third-order valence-corrected chi connectivity index (χ3v) is 4.77. The molecule has 0 aliphatic carbocycles. The number of carbonyl (C=O) groups is 1. The third kappa shape index (κ3) is 5.76. The molecular weight excluding hydrogens is 324 g/mol. The quantitative estimate of drug-likeness (QED) is 0.816. The number of rotatable bonds is 7. The standard InChI is InChI=1S/C19H30N2O2.ClH/c1-4-16(5-2)19(22)20-14-18(21-10-12-23-13-11-21)17-8-6-15(3)7-9-17;/h6-9,16,18H,4-5,10-14H2,1-3H3,(H,20,22);1H. The Morgan fingerprint density at radius 1 is 1.17 bits per heavy atom. The maximum absolute atomic E-state index is 12.3. The second-order valence-electron chi connectivity index (χ2n) is 6.33. The average Bonchev–Trinajstić information content (AvgIpc) is 2.58. The number of nitrogens with one attached hydrogen (secondary N) is 1. The van der Waals surface area contributed by atoms with Crippen LogP contribution in [0.1, 0.15) is 43.9 Å². The Morgan fingerprint density at radius 3 is 2.29 bits per heavy atom. The summed E-state index contributed by atoms with van der Waals surface area (Å²) in [7, 11) is 0.